The minimum Gasteiger partial charge on any atom is -0.371 e. The van der Waals surface area contributed by atoms with E-state index in [1.165, 1.54) is 37.2 Å². The molecule has 88 valence electrons. The van der Waals surface area contributed by atoms with Crippen molar-refractivity contribution in [3.8, 4) is 0 Å². The maximum atomic E-state index is 5.67. The van der Waals surface area contributed by atoms with Crippen LogP contribution < -0.4 is 10.6 Å². The number of benzene rings is 1. The lowest BCUT2D eigenvalue weighted by molar-refractivity contribution is 0.280. The molecule has 2 rings (SSSR count). The fourth-order valence-electron chi connectivity index (χ4n) is 2.25. The SMILES string of the molecule is CC1(C)CCN(c2cccc(CN)c2)CC1. The first-order valence-electron chi connectivity index (χ1n) is 6.15. The number of rotatable bonds is 2. The van der Waals surface area contributed by atoms with Crippen LogP contribution in [-0.2, 0) is 6.54 Å². The van der Waals surface area contributed by atoms with Gasteiger partial charge in [0.25, 0.3) is 0 Å². The second-order valence-electron chi connectivity index (χ2n) is 5.53. The normalized spacial score (nSPS) is 19.8. The topological polar surface area (TPSA) is 29.3 Å². The van der Waals surface area contributed by atoms with Gasteiger partial charge in [0.2, 0.25) is 0 Å². The van der Waals surface area contributed by atoms with Gasteiger partial charge in [-0.05, 0) is 36.0 Å². The molecular formula is C14H22N2. The highest BCUT2D eigenvalue weighted by atomic mass is 15.1. The molecule has 0 radical (unpaired) electrons. The van der Waals surface area contributed by atoms with E-state index >= 15 is 0 Å². The van der Waals surface area contributed by atoms with E-state index in [-0.39, 0.29) is 0 Å². The van der Waals surface area contributed by atoms with E-state index < -0.39 is 0 Å². The molecule has 1 saturated heterocycles. The van der Waals surface area contributed by atoms with Crippen molar-refractivity contribution in [3.63, 3.8) is 0 Å². The minimum absolute atomic E-state index is 0.516. The summed E-state index contributed by atoms with van der Waals surface area (Å²) < 4.78 is 0. The van der Waals surface area contributed by atoms with Crippen LogP contribution in [0.5, 0.6) is 0 Å². The molecule has 0 aliphatic carbocycles. The second-order valence-corrected chi connectivity index (χ2v) is 5.53. The maximum Gasteiger partial charge on any atom is 0.0369 e. The highest BCUT2D eigenvalue weighted by Gasteiger charge is 2.25. The summed E-state index contributed by atoms with van der Waals surface area (Å²) in [5.41, 5.74) is 8.74. The summed E-state index contributed by atoms with van der Waals surface area (Å²) in [7, 11) is 0. The first kappa shape index (κ1) is 11.5. The number of anilines is 1. The van der Waals surface area contributed by atoms with Gasteiger partial charge in [-0.3, -0.25) is 0 Å². The summed E-state index contributed by atoms with van der Waals surface area (Å²) in [5.74, 6) is 0. The van der Waals surface area contributed by atoms with Crippen LogP contribution in [0.1, 0.15) is 32.3 Å². The summed E-state index contributed by atoms with van der Waals surface area (Å²) in [5, 5.41) is 0. The van der Waals surface area contributed by atoms with Gasteiger partial charge in [0.15, 0.2) is 0 Å². The van der Waals surface area contributed by atoms with Gasteiger partial charge >= 0.3 is 0 Å². The van der Waals surface area contributed by atoms with Crippen molar-refractivity contribution in [2.75, 3.05) is 18.0 Å². The molecule has 1 fully saturated rings. The zero-order chi connectivity index (χ0) is 11.6. The fourth-order valence-corrected chi connectivity index (χ4v) is 2.25. The molecule has 2 N–H and O–H groups in total. The number of hydrogen-bond acceptors (Lipinski definition) is 2. The van der Waals surface area contributed by atoms with Gasteiger partial charge in [0.05, 0.1) is 0 Å². The largest absolute Gasteiger partial charge is 0.371 e. The number of nitrogens with two attached hydrogens (primary N) is 1. The highest BCUT2D eigenvalue weighted by molar-refractivity contribution is 5.49. The van der Waals surface area contributed by atoms with Gasteiger partial charge in [-0.2, -0.15) is 0 Å². The maximum absolute atomic E-state index is 5.67. The molecular weight excluding hydrogens is 196 g/mol. The van der Waals surface area contributed by atoms with E-state index in [1.807, 2.05) is 0 Å². The van der Waals surface area contributed by atoms with E-state index in [2.05, 4.69) is 43.0 Å². The second kappa shape index (κ2) is 4.46. The molecule has 0 bridgehead atoms. The molecule has 2 heteroatoms. The third-order valence-corrected chi connectivity index (χ3v) is 3.63. The molecule has 0 amide bonds. The summed E-state index contributed by atoms with van der Waals surface area (Å²) in [6.45, 7) is 7.69. The predicted octanol–water partition coefficient (Wildman–Crippen LogP) is 2.77. The van der Waals surface area contributed by atoms with Crippen molar-refractivity contribution in [2.45, 2.75) is 33.2 Å². The van der Waals surface area contributed by atoms with E-state index in [0.717, 1.165) is 0 Å². The molecule has 0 saturated carbocycles. The van der Waals surface area contributed by atoms with Crippen molar-refractivity contribution in [1.29, 1.82) is 0 Å². The number of nitrogens with zero attached hydrogens (tertiary/aromatic N) is 1. The first-order chi connectivity index (χ1) is 7.61. The standard InChI is InChI=1S/C14H22N2/c1-14(2)6-8-16(9-7-14)13-5-3-4-12(10-13)11-15/h3-5,10H,6-9,11,15H2,1-2H3. The molecule has 1 aromatic rings. The Balaban J connectivity index is 2.08. The van der Waals surface area contributed by atoms with Gasteiger partial charge in [-0.25, -0.2) is 0 Å². The Morgan fingerprint density at radius 3 is 2.56 bits per heavy atom. The van der Waals surface area contributed by atoms with Crippen LogP contribution in [-0.4, -0.2) is 13.1 Å². The molecule has 1 heterocycles. The Kier molecular flexibility index (Phi) is 3.20. The van der Waals surface area contributed by atoms with Gasteiger partial charge < -0.3 is 10.6 Å². The van der Waals surface area contributed by atoms with Crippen LogP contribution in [0.3, 0.4) is 0 Å². The number of hydrogen-bond donors (Lipinski definition) is 1. The summed E-state index contributed by atoms with van der Waals surface area (Å²) in [4.78, 5) is 2.48. The Morgan fingerprint density at radius 1 is 1.25 bits per heavy atom. The molecule has 0 spiro atoms. The third-order valence-electron chi connectivity index (χ3n) is 3.63. The third kappa shape index (κ3) is 2.56. The van der Waals surface area contributed by atoms with E-state index in [1.54, 1.807) is 0 Å². The summed E-state index contributed by atoms with van der Waals surface area (Å²) >= 11 is 0. The Morgan fingerprint density at radius 2 is 1.94 bits per heavy atom. The summed E-state index contributed by atoms with van der Waals surface area (Å²) in [6.07, 6.45) is 2.56. The van der Waals surface area contributed by atoms with Crippen LogP contribution >= 0.6 is 0 Å². The molecule has 1 aliphatic heterocycles. The van der Waals surface area contributed by atoms with Gasteiger partial charge in [0, 0.05) is 25.3 Å². The van der Waals surface area contributed by atoms with Crippen molar-refractivity contribution in [2.24, 2.45) is 11.1 Å². The predicted molar refractivity (Wildman–Crippen MR) is 69.6 cm³/mol. The lowest BCUT2D eigenvalue weighted by Gasteiger charge is -2.38. The lowest BCUT2D eigenvalue weighted by atomic mass is 9.82. The fraction of sp³-hybridized carbons (Fsp3) is 0.571. The van der Waals surface area contributed by atoms with Crippen molar-refractivity contribution in [3.05, 3.63) is 29.8 Å². The molecule has 0 aromatic heterocycles. The lowest BCUT2D eigenvalue weighted by Crippen LogP contribution is -2.37. The molecule has 0 unspecified atom stereocenters. The van der Waals surface area contributed by atoms with Gasteiger partial charge in [0.1, 0.15) is 0 Å². The Labute approximate surface area is 98.4 Å². The quantitative estimate of drug-likeness (QED) is 0.827. The van der Waals surface area contributed by atoms with Gasteiger partial charge in [-0.15, -0.1) is 0 Å². The monoisotopic (exact) mass is 218 g/mol. The van der Waals surface area contributed by atoms with Crippen LogP contribution in [0, 0.1) is 5.41 Å². The van der Waals surface area contributed by atoms with E-state index in [0.29, 0.717) is 12.0 Å². The van der Waals surface area contributed by atoms with Crippen LogP contribution in [0.25, 0.3) is 0 Å². The highest BCUT2D eigenvalue weighted by Crippen LogP contribution is 2.32. The average Bonchev–Trinajstić information content (AvgIpc) is 2.29. The van der Waals surface area contributed by atoms with Crippen LogP contribution in [0.4, 0.5) is 5.69 Å². The van der Waals surface area contributed by atoms with Crippen LogP contribution in [0.2, 0.25) is 0 Å². The molecule has 1 aromatic carbocycles. The smallest absolute Gasteiger partial charge is 0.0369 e. The molecule has 1 aliphatic rings. The van der Waals surface area contributed by atoms with Gasteiger partial charge in [-0.1, -0.05) is 26.0 Å². The Hall–Kier alpha value is -1.02. The molecule has 0 atom stereocenters. The van der Waals surface area contributed by atoms with Crippen molar-refractivity contribution >= 4 is 5.69 Å². The summed E-state index contributed by atoms with van der Waals surface area (Å²) in [6, 6.07) is 8.62. The zero-order valence-electron chi connectivity index (χ0n) is 10.4. The van der Waals surface area contributed by atoms with Crippen molar-refractivity contribution in [1.82, 2.24) is 0 Å². The van der Waals surface area contributed by atoms with E-state index in [9.17, 15) is 0 Å². The van der Waals surface area contributed by atoms with E-state index in [4.69, 9.17) is 5.73 Å². The molecule has 2 nitrogen and oxygen atoms in total. The number of piperidine rings is 1. The van der Waals surface area contributed by atoms with Crippen LogP contribution in [0.15, 0.2) is 24.3 Å². The minimum atomic E-state index is 0.516. The zero-order valence-corrected chi connectivity index (χ0v) is 10.4. The Bertz CT molecular complexity index is 348. The average molecular weight is 218 g/mol. The van der Waals surface area contributed by atoms with Crippen molar-refractivity contribution < 1.29 is 0 Å². The first-order valence-corrected chi connectivity index (χ1v) is 6.15. The molecule has 16 heavy (non-hydrogen) atoms.